The summed E-state index contributed by atoms with van der Waals surface area (Å²) in [4.78, 5) is 12.1. The maximum atomic E-state index is 12.1. The van der Waals surface area contributed by atoms with Crippen molar-refractivity contribution < 1.29 is 9.90 Å². The van der Waals surface area contributed by atoms with Gasteiger partial charge in [0.2, 0.25) is 0 Å². The average Bonchev–Trinajstić information content (AvgIpc) is 2.45. The first-order valence-electron chi connectivity index (χ1n) is 7.03. The highest BCUT2D eigenvalue weighted by molar-refractivity contribution is 6.03. The lowest BCUT2D eigenvalue weighted by Gasteiger charge is -2.08. The number of rotatable bonds is 4. The fraction of sp³-hybridized carbons (Fsp3) is 0.294. The van der Waals surface area contributed by atoms with Crippen LogP contribution in [0.15, 0.2) is 41.5 Å². The van der Waals surface area contributed by atoms with Gasteiger partial charge in [0.05, 0.1) is 5.56 Å². The van der Waals surface area contributed by atoms with Crippen LogP contribution in [0.3, 0.4) is 0 Å². The molecule has 0 unspecified atom stereocenters. The van der Waals surface area contributed by atoms with E-state index in [-0.39, 0.29) is 11.3 Å². The molecule has 4 heteroatoms. The van der Waals surface area contributed by atoms with Gasteiger partial charge in [0.15, 0.2) is 0 Å². The molecule has 1 amide bonds. The third kappa shape index (κ3) is 3.60. The molecule has 0 saturated heterocycles. The summed E-state index contributed by atoms with van der Waals surface area (Å²) in [6.07, 6.45) is 0.823. The van der Waals surface area contributed by atoms with Crippen LogP contribution in [-0.4, -0.2) is 16.7 Å². The van der Waals surface area contributed by atoms with Crippen LogP contribution in [0.4, 0.5) is 0 Å². The van der Waals surface area contributed by atoms with E-state index in [1.807, 2.05) is 31.2 Å². The third-order valence-corrected chi connectivity index (χ3v) is 3.20. The molecule has 0 aliphatic heterocycles. The Morgan fingerprint density at radius 3 is 2.67 bits per heavy atom. The number of fused-ring (bicyclic) bond motifs is 1. The van der Waals surface area contributed by atoms with Crippen molar-refractivity contribution in [1.29, 1.82) is 0 Å². The van der Waals surface area contributed by atoms with Crippen LogP contribution in [0, 0.1) is 5.92 Å². The number of nitrogens with one attached hydrogen (secondary N) is 1. The topological polar surface area (TPSA) is 61.7 Å². The van der Waals surface area contributed by atoms with Gasteiger partial charge in [-0.15, -0.1) is 0 Å². The molecule has 2 rings (SSSR count). The minimum Gasteiger partial charge on any atom is -0.506 e. The predicted molar refractivity (Wildman–Crippen MR) is 85.6 cm³/mol. The van der Waals surface area contributed by atoms with Crippen LogP contribution in [0.2, 0.25) is 0 Å². The molecule has 0 saturated carbocycles. The third-order valence-electron chi connectivity index (χ3n) is 3.20. The summed E-state index contributed by atoms with van der Waals surface area (Å²) < 4.78 is 0. The van der Waals surface area contributed by atoms with Gasteiger partial charge in [-0.1, -0.05) is 44.2 Å². The number of carbonyl (C=O) groups is 1. The number of hydrazone groups is 1. The highest BCUT2D eigenvalue weighted by Crippen LogP contribution is 2.28. The van der Waals surface area contributed by atoms with E-state index < -0.39 is 5.91 Å². The average molecular weight is 284 g/mol. The molecule has 4 nitrogen and oxygen atoms in total. The molecule has 0 spiro atoms. The van der Waals surface area contributed by atoms with Gasteiger partial charge in [-0.3, -0.25) is 4.79 Å². The lowest BCUT2D eigenvalue weighted by molar-refractivity contribution is 0.0952. The minimum atomic E-state index is -0.402. The molecule has 2 aromatic rings. The van der Waals surface area contributed by atoms with E-state index in [1.165, 1.54) is 0 Å². The first-order chi connectivity index (χ1) is 9.99. The van der Waals surface area contributed by atoms with Crippen LogP contribution < -0.4 is 5.43 Å². The largest absolute Gasteiger partial charge is 0.506 e. The molecule has 0 fully saturated rings. The zero-order valence-electron chi connectivity index (χ0n) is 12.6. The van der Waals surface area contributed by atoms with E-state index in [2.05, 4.69) is 24.4 Å². The fourth-order valence-corrected chi connectivity index (χ4v) is 2.28. The van der Waals surface area contributed by atoms with E-state index in [9.17, 15) is 9.90 Å². The molecule has 2 N–H and O–H groups in total. The Morgan fingerprint density at radius 2 is 1.95 bits per heavy atom. The highest BCUT2D eigenvalue weighted by atomic mass is 16.3. The maximum absolute atomic E-state index is 12.1. The second kappa shape index (κ2) is 6.39. The highest BCUT2D eigenvalue weighted by Gasteiger charge is 2.13. The first-order valence-corrected chi connectivity index (χ1v) is 7.03. The quantitative estimate of drug-likeness (QED) is 0.664. The number of carbonyl (C=O) groups excluding carboxylic acids is 1. The summed E-state index contributed by atoms with van der Waals surface area (Å²) in [5, 5.41) is 15.8. The number of hydrogen-bond donors (Lipinski definition) is 2. The Balaban J connectivity index is 2.22. The molecule has 0 atom stereocenters. The Hall–Kier alpha value is -2.36. The summed E-state index contributed by atoms with van der Waals surface area (Å²) in [7, 11) is 0. The molecule has 0 heterocycles. The lowest BCUT2D eigenvalue weighted by Crippen LogP contribution is -2.19. The van der Waals surface area contributed by atoms with Gasteiger partial charge in [0, 0.05) is 11.1 Å². The lowest BCUT2D eigenvalue weighted by atomic mass is 10.1. The molecule has 0 bridgehead atoms. The van der Waals surface area contributed by atoms with Crippen molar-refractivity contribution in [3.8, 4) is 5.75 Å². The van der Waals surface area contributed by atoms with Crippen LogP contribution >= 0.6 is 0 Å². The standard InChI is InChI=1S/C17H20N2O2/c1-11(2)10-12(3)18-19-17(21)15-9-8-13-6-4-5-7-14(13)16(15)20/h4-9,11,20H,10H2,1-3H3,(H,19,21)/b18-12+. The van der Waals surface area contributed by atoms with Gasteiger partial charge in [0.1, 0.15) is 5.75 Å². The van der Waals surface area contributed by atoms with Gasteiger partial charge in [-0.25, -0.2) is 5.43 Å². The van der Waals surface area contributed by atoms with E-state index in [4.69, 9.17) is 0 Å². The van der Waals surface area contributed by atoms with Crippen LogP contribution in [0.1, 0.15) is 37.6 Å². The Kier molecular flexibility index (Phi) is 4.58. The molecule has 0 aliphatic rings. The molecular formula is C17H20N2O2. The summed E-state index contributed by atoms with van der Waals surface area (Å²) >= 11 is 0. The number of phenols is 1. The zero-order valence-corrected chi connectivity index (χ0v) is 12.6. The molecule has 0 aromatic heterocycles. The number of nitrogens with zero attached hydrogens (tertiary/aromatic N) is 1. The monoisotopic (exact) mass is 284 g/mol. The smallest absolute Gasteiger partial charge is 0.275 e. The molecule has 0 aliphatic carbocycles. The summed E-state index contributed by atoms with van der Waals surface area (Å²) in [5.41, 5.74) is 3.59. The molecule has 21 heavy (non-hydrogen) atoms. The van der Waals surface area contributed by atoms with Crippen molar-refractivity contribution in [3.05, 3.63) is 42.0 Å². The summed E-state index contributed by atoms with van der Waals surface area (Å²) in [6.45, 7) is 6.06. The number of amides is 1. The van der Waals surface area contributed by atoms with Gasteiger partial charge < -0.3 is 5.11 Å². The second-order valence-electron chi connectivity index (χ2n) is 5.57. The normalized spacial score (nSPS) is 11.9. The molecule has 0 radical (unpaired) electrons. The number of hydrogen-bond acceptors (Lipinski definition) is 3. The Morgan fingerprint density at radius 1 is 1.24 bits per heavy atom. The first kappa shape index (κ1) is 15.0. The fourth-order valence-electron chi connectivity index (χ4n) is 2.28. The van der Waals surface area contributed by atoms with Crippen molar-refractivity contribution in [2.75, 3.05) is 0 Å². The zero-order chi connectivity index (χ0) is 15.4. The van der Waals surface area contributed by atoms with Gasteiger partial charge in [-0.2, -0.15) is 5.10 Å². The molecule has 2 aromatic carbocycles. The number of aromatic hydroxyl groups is 1. The second-order valence-corrected chi connectivity index (χ2v) is 5.57. The molecule has 110 valence electrons. The minimum absolute atomic E-state index is 0.0117. The van der Waals surface area contributed by atoms with Crippen molar-refractivity contribution >= 4 is 22.4 Å². The Bertz CT molecular complexity index is 690. The summed E-state index contributed by atoms with van der Waals surface area (Å²) in [5.74, 6) is 0.0726. The van der Waals surface area contributed by atoms with Gasteiger partial charge >= 0.3 is 0 Å². The van der Waals surface area contributed by atoms with Crippen LogP contribution in [0.25, 0.3) is 10.8 Å². The van der Waals surface area contributed by atoms with Crippen molar-refractivity contribution in [2.24, 2.45) is 11.0 Å². The van der Waals surface area contributed by atoms with E-state index in [0.29, 0.717) is 11.3 Å². The van der Waals surface area contributed by atoms with E-state index in [1.54, 1.807) is 12.1 Å². The van der Waals surface area contributed by atoms with E-state index in [0.717, 1.165) is 17.5 Å². The van der Waals surface area contributed by atoms with Crippen LogP contribution in [-0.2, 0) is 0 Å². The number of phenolic OH excluding ortho intramolecular Hbond substituents is 1. The van der Waals surface area contributed by atoms with Gasteiger partial charge in [0.25, 0.3) is 5.91 Å². The van der Waals surface area contributed by atoms with Crippen molar-refractivity contribution in [1.82, 2.24) is 5.43 Å². The van der Waals surface area contributed by atoms with Crippen LogP contribution in [0.5, 0.6) is 5.75 Å². The van der Waals surface area contributed by atoms with Crippen molar-refractivity contribution in [2.45, 2.75) is 27.2 Å². The SMILES string of the molecule is C/C(CC(C)C)=N\NC(=O)c1ccc2ccccc2c1O. The molecular weight excluding hydrogens is 264 g/mol. The van der Waals surface area contributed by atoms with Crippen molar-refractivity contribution in [3.63, 3.8) is 0 Å². The van der Waals surface area contributed by atoms with E-state index >= 15 is 0 Å². The Labute approximate surface area is 124 Å². The van der Waals surface area contributed by atoms with Gasteiger partial charge in [-0.05, 0) is 30.7 Å². The number of benzene rings is 2. The maximum Gasteiger partial charge on any atom is 0.275 e. The summed E-state index contributed by atoms with van der Waals surface area (Å²) in [6, 6.07) is 10.8. The predicted octanol–water partition coefficient (Wildman–Crippen LogP) is 3.70.